The highest BCUT2D eigenvalue weighted by atomic mass is 15.0. The van der Waals surface area contributed by atoms with Crippen molar-refractivity contribution in [3.05, 3.63) is 0 Å². The fourth-order valence-electron chi connectivity index (χ4n) is 4.23. The second-order valence-corrected chi connectivity index (χ2v) is 6.97. The predicted molar refractivity (Wildman–Crippen MR) is 75.1 cm³/mol. The minimum atomic E-state index is 0.748. The average Bonchev–Trinajstić information content (AvgIpc) is 2.28. The van der Waals surface area contributed by atoms with Crippen LogP contribution in [0.4, 0.5) is 0 Å². The number of rotatable bonds is 3. The highest BCUT2D eigenvalue weighted by Crippen LogP contribution is 2.31. The molecular formula is C16H31N. The quantitative estimate of drug-likeness (QED) is 0.768. The lowest BCUT2D eigenvalue weighted by Gasteiger charge is -2.37. The Morgan fingerprint density at radius 3 is 2.06 bits per heavy atom. The first-order valence-corrected chi connectivity index (χ1v) is 7.91. The maximum Gasteiger partial charge on any atom is 0.00747 e. The van der Waals surface area contributed by atoms with Crippen molar-refractivity contribution in [1.29, 1.82) is 0 Å². The topological polar surface area (TPSA) is 12.0 Å². The molecule has 2 saturated carbocycles. The summed E-state index contributed by atoms with van der Waals surface area (Å²) in [6.45, 7) is 7.28. The standard InChI is InChI=1S/C16H31N/c1-12-9-13(2)11-16(10-12)17-14(3)15-7-5-4-6-8-15/h12-17H,4-11H2,1-3H3. The molecule has 0 heterocycles. The van der Waals surface area contributed by atoms with Gasteiger partial charge in [-0.05, 0) is 56.8 Å². The van der Waals surface area contributed by atoms with Crippen LogP contribution < -0.4 is 5.32 Å². The summed E-state index contributed by atoms with van der Waals surface area (Å²) in [6.07, 6.45) is 11.6. The van der Waals surface area contributed by atoms with Crippen molar-refractivity contribution in [1.82, 2.24) is 5.32 Å². The summed E-state index contributed by atoms with van der Waals surface area (Å²) < 4.78 is 0. The van der Waals surface area contributed by atoms with Gasteiger partial charge in [-0.2, -0.15) is 0 Å². The summed E-state index contributed by atoms with van der Waals surface area (Å²) in [4.78, 5) is 0. The summed E-state index contributed by atoms with van der Waals surface area (Å²) >= 11 is 0. The van der Waals surface area contributed by atoms with E-state index in [9.17, 15) is 0 Å². The van der Waals surface area contributed by atoms with E-state index in [1.165, 1.54) is 51.4 Å². The summed E-state index contributed by atoms with van der Waals surface area (Å²) in [6, 6.07) is 1.54. The van der Waals surface area contributed by atoms with E-state index >= 15 is 0 Å². The van der Waals surface area contributed by atoms with Gasteiger partial charge in [-0.3, -0.25) is 0 Å². The Morgan fingerprint density at radius 1 is 0.882 bits per heavy atom. The van der Waals surface area contributed by atoms with Gasteiger partial charge in [-0.1, -0.05) is 33.1 Å². The maximum atomic E-state index is 3.95. The Balaban J connectivity index is 1.78. The molecule has 17 heavy (non-hydrogen) atoms. The number of hydrogen-bond acceptors (Lipinski definition) is 1. The molecule has 0 aliphatic heterocycles. The van der Waals surface area contributed by atoms with Crippen LogP contribution in [0.5, 0.6) is 0 Å². The zero-order chi connectivity index (χ0) is 12.3. The molecule has 3 atom stereocenters. The van der Waals surface area contributed by atoms with Crippen molar-refractivity contribution in [2.24, 2.45) is 17.8 Å². The van der Waals surface area contributed by atoms with Crippen molar-refractivity contribution in [2.75, 3.05) is 0 Å². The molecule has 2 rings (SSSR count). The Hall–Kier alpha value is -0.0400. The van der Waals surface area contributed by atoms with Crippen molar-refractivity contribution in [3.63, 3.8) is 0 Å². The van der Waals surface area contributed by atoms with Crippen LogP contribution in [-0.4, -0.2) is 12.1 Å². The van der Waals surface area contributed by atoms with Gasteiger partial charge in [0.2, 0.25) is 0 Å². The first-order valence-electron chi connectivity index (χ1n) is 7.91. The third kappa shape index (κ3) is 3.98. The Labute approximate surface area is 108 Å². The zero-order valence-corrected chi connectivity index (χ0v) is 12.0. The molecule has 0 saturated heterocycles. The Kier molecular flexibility index (Phi) is 4.90. The van der Waals surface area contributed by atoms with E-state index in [0.29, 0.717) is 0 Å². The number of nitrogens with one attached hydrogen (secondary N) is 1. The van der Waals surface area contributed by atoms with Gasteiger partial charge in [0.05, 0.1) is 0 Å². The van der Waals surface area contributed by atoms with Crippen LogP contribution in [-0.2, 0) is 0 Å². The van der Waals surface area contributed by atoms with Gasteiger partial charge in [0.1, 0.15) is 0 Å². The fraction of sp³-hybridized carbons (Fsp3) is 1.00. The van der Waals surface area contributed by atoms with Crippen molar-refractivity contribution < 1.29 is 0 Å². The smallest absolute Gasteiger partial charge is 0.00747 e. The van der Waals surface area contributed by atoms with Crippen molar-refractivity contribution in [2.45, 2.75) is 84.2 Å². The average molecular weight is 237 g/mol. The summed E-state index contributed by atoms with van der Waals surface area (Å²) in [5, 5.41) is 3.95. The molecule has 1 N–H and O–H groups in total. The van der Waals surface area contributed by atoms with Crippen LogP contribution in [0.1, 0.15) is 72.1 Å². The minimum absolute atomic E-state index is 0.748. The summed E-state index contributed by atoms with van der Waals surface area (Å²) in [5.74, 6) is 2.81. The number of hydrogen-bond donors (Lipinski definition) is 1. The van der Waals surface area contributed by atoms with E-state index in [0.717, 1.165) is 29.8 Å². The van der Waals surface area contributed by atoms with Gasteiger partial charge in [-0.25, -0.2) is 0 Å². The Bertz CT molecular complexity index is 210. The van der Waals surface area contributed by atoms with Gasteiger partial charge in [-0.15, -0.1) is 0 Å². The van der Waals surface area contributed by atoms with E-state index in [-0.39, 0.29) is 0 Å². The molecular weight excluding hydrogens is 206 g/mol. The predicted octanol–water partition coefficient (Wildman–Crippen LogP) is 4.37. The maximum absolute atomic E-state index is 3.95. The largest absolute Gasteiger partial charge is 0.311 e. The minimum Gasteiger partial charge on any atom is -0.311 e. The van der Waals surface area contributed by atoms with Gasteiger partial charge in [0.15, 0.2) is 0 Å². The molecule has 1 heteroatoms. The molecule has 2 fully saturated rings. The highest BCUT2D eigenvalue weighted by molar-refractivity contribution is 4.84. The van der Waals surface area contributed by atoms with E-state index in [2.05, 4.69) is 26.1 Å². The molecule has 0 aromatic heterocycles. The third-order valence-electron chi connectivity index (χ3n) is 5.03. The second kappa shape index (κ2) is 6.22. The van der Waals surface area contributed by atoms with Crippen LogP contribution in [0, 0.1) is 17.8 Å². The van der Waals surface area contributed by atoms with Gasteiger partial charge in [0, 0.05) is 12.1 Å². The van der Waals surface area contributed by atoms with E-state index < -0.39 is 0 Å². The molecule has 0 aromatic rings. The summed E-state index contributed by atoms with van der Waals surface area (Å²) in [7, 11) is 0. The van der Waals surface area contributed by atoms with Gasteiger partial charge < -0.3 is 5.32 Å². The van der Waals surface area contributed by atoms with Gasteiger partial charge in [0.25, 0.3) is 0 Å². The molecule has 0 radical (unpaired) electrons. The van der Waals surface area contributed by atoms with Crippen molar-refractivity contribution in [3.8, 4) is 0 Å². The lowest BCUT2D eigenvalue weighted by molar-refractivity contribution is 0.195. The monoisotopic (exact) mass is 237 g/mol. The van der Waals surface area contributed by atoms with Crippen LogP contribution >= 0.6 is 0 Å². The molecule has 0 bridgehead atoms. The fourth-order valence-corrected chi connectivity index (χ4v) is 4.23. The highest BCUT2D eigenvalue weighted by Gasteiger charge is 2.27. The Morgan fingerprint density at radius 2 is 1.47 bits per heavy atom. The zero-order valence-electron chi connectivity index (χ0n) is 12.0. The van der Waals surface area contributed by atoms with Crippen LogP contribution in [0.3, 0.4) is 0 Å². The van der Waals surface area contributed by atoms with E-state index in [1.54, 1.807) is 0 Å². The molecule has 2 aliphatic carbocycles. The van der Waals surface area contributed by atoms with Gasteiger partial charge >= 0.3 is 0 Å². The first kappa shape index (κ1) is 13.4. The normalized spacial score (nSPS) is 37.9. The van der Waals surface area contributed by atoms with E-state index in [1.807, 2.05) is 0 Å². The van der Waals surface area contributed by atoms with Crippen molar-refractivity contribution >= 4 is 0 Å². The molecule has 100 valence electrons. The third-order valence-corrected chi connectivity index (χ3v) is 5.03. The summed E-state index contributed by atoms with van der Waals surface area (Å²) in [5.41, 5.74) is 0. The van der Waals surface area contributed by atoms with E-state index in [4.69, 9.17) is 0 Å². The molecule has 0 aromatic carbocycles. The second-order valence-electron chi connectivity index (χ2n) is 6.97. The lowest BCUT2D eigenvalue weighted by atomic mass is 9.79. The molecule has 2 aliphatic rings. The van der Waals surface area contributed by atoms with Crippen LogP contribution in [0.15, 0.2) is 0 Å². The SMILES string of the molecule is CC1CC(C)CC(NC(C)C2CCCCC2)C1. The molecule has 3 unspecified atom stereocenters. The molecule has 1 nitrogen and oxygen atoms in total. The molecule has 0 amide bonds. The van der Waals surface area contributed by atoms with Crippen LogP contribution in [0.2, 0.25) is 0 Å². The molecule has 0 spiro atoms. The van der Waals surface area contributed by atoms with Crippen LogP contribution in [0.25, 0.3) is 0 Å². The lowest BCUT2D eigenvalue weighted by Crippen LogP contribution is -2.44. The first-order chi connectivity index (χ1) is 8.15.